The number of rotatable bonds is 2. The minimum Gasteiger partial charge on any atom is -0.591 e. The van der Waals surface area contributed by atoms with E-state index in [0.29, 0.717) is 0 Å². The monoisotopic (exact) mass is 278 g/mol. The van der Waals surface area contributed by atoms with E-state index >= 15 is 0 Å². The first-order valence-electron chi connectivity index (χ1n) is 5.10. The summed E-state index contributed by atoms with van der Waals surface area (Å²) in [6.45, 7) is 5.05. The summed E-state index contributed by atoms with van der Waals surface area (Å²) >= 11 is -1.61. The maximum atomic E-state index is 12.6. The Kier molecular flexibility index (Phi) is 4.39. The molecule has 0 aliphatic rings. The van der Waals surface area contributed by atoms with Gasteiger partial charge in [-0.15, -0.1) is 0 Å². The van der Waals surface area contributed by atoms with Crippen molar-refractivity contribution in [2.24, 2.45) is 4.40 Å². The van der Waals surface area contributed by atoms with Crippen LogP contribution in [0.2, 0.25) is 0 Å². The number of hydrogen-bond acceptors (Lipinski definition) is 3. The van der Waals surface area contributed by atoms with E-state index in [4.69, 9.17) is 0 Å². The van der Waals surface area contributed by atoms with Crippen LogP contribution in [0.15, 0.2) is 22.7 Å². The molecule has 0 unspecified atom stereocenters. The van der Waals surface area contributed by atoms with E-state index in [2.05, 4.69) is 9.38 Å². The van der Waals surface area contributed by atoms with Crippen LogP contribution in [0.5, 0.6) is 0 Å². The molecule has 0 saturated heterocycles. The van der Waals surface area contributed by atoms with Crippen molar-refractivity contribution >= 4 is 17.6 Å². The van der Waals surface area contributed by atoms with Gasteiger partial charge in [-0.2, -0.15) is 13.2 Å². The third-order valence-corrected chi connectivity index (χ3v) is 3.28. The molecular formula is C11H13F3N2OS. The van der Waals surface area contributed by atoms with Gasteiger partial charge in [0, 0.05) is 6.20 Å². The minimum atomic E-state index is -4.50. The largest absolute Gasteiger partial charge is 0.591 e. The van der Waals surface area contributed by atoms with Crippen molar-refractivity contribution in [3.8, 4) is 0 Å². The average molecular weight is 278 g/mol. The lowest BCUT2D eigenvalue weighted by molar-refractivity contribution is -0.137. The fourth-order valence-corrected chi connectivity index (χ4v) is 1.53. The number of hydrogen-bond donors (Lipinski definition) is 0. The molecule has 7 heteroatoms. The fourth-order valence-electron chi connectivity index (χ4n) is 1.02. The molecule has 0 spiro atoms. The Balaban J connectivity index is 3.02. The third-order valence-electron chi connectivity index (χ3n) is 1.94. The molecule has 100 valence electrons. The van der Waals surface area contributed by atoms with Gasteiger partial charge in [0.25, 0.3) is 0 Å². The average Bonchev–Trinajstić information content (AvgIpc) is 2.23. The van der Waals surface area contributed by atoms with Gasteiger partial charge in [0.05, 0.1) is 11.3 Å². The van der Waals surface area contributed by atoms with Crippen molar-refractivity contribution in [2.75, 3.05) is 0 Å². The third kappa shape index (κ3) is 3.99. The first-order valence-corrected chi connectivity index (χ1v) is 6.21. The summed E-state index contributed by atoms with van der Waals surface area (Å²) in [5.41, 5.74) is -1.22. The lowest BCUT2D eigenvalue weighted by atomic mass is 10.2. The zero-order chi connectivity index (χ0) is 14.0. The van der Waals surface area contributed by atoms with E-state index in [1.165, 1.54) is 12.3 Å². The molecule has 18 heavy (non-hydrogen) atoms. The van der Waals surface area contributed by atoms with Crippen molar-refractivity contribution < 1.29 is 17.7 Å². The summed E-state index contributed by atoms with van der Waals surface area (Å²) in [5.74, 6) is 0. The van der Waals surface area contributed by atoms with Crippen LogP contribution in [-0.2, 0) is 17.5 Å². The Morgan fingerprint density at radius 2 is 1.94 bits per heavy atom. The van der Waals surface area contributed by atoms with E-state index in [9.17, 15) is 17.7 Å². The predicted octanol–water partition coefficient (Wildman–Crippen LogP) is 2.98. The topological polar surface area (TPSA) is 48.3 Å². The standard InChI is InChI=1S/C11H13F3N2OS/c1-10(2,3)18(17)16-7-9-8(11(12,13)14)5-4-6-15-9/h4-7H,1-3H3/b16-7+/t18-/m0/s1. The van der Waals surface area contributed by atoms with Crippen molar-refractivity contribution in [1.82, 2.24) is 4.98 Å². The van der Waals surface area contributed by atoms with E-state index in [-0.39, 0.29) is 5.69 Å². The van der Waals surface area contributed by atoms with Crippen LogP contribution in [0.25, 0.3) is 0 Å². The van der Waals surface area contributed by atoms with E-state index < -0.39 is 27.8 Å². The van der Waals surface area contributed by atoms with Crippen LogP contribution in [0.3, 0.4) is 0 Å². The lowest BCUT2D eigenvalue weighted by Gasteiger charge is -2.17. The molecule has 1 aromatic rings. The van der Waals surface area contributed by atoms with Gasteiger partial charge in [0.1, 0.15) is 22.3 Å². The highest BCUT2D eigenvalue weighted by Crippen LogP contribution is 2.30. The molecule has 0 radical (unpaired) electrons. The molecule has 0 N–H and O–H groups in total. The number of pyridine rings is 1. The lowest BCUT2D eigenvalue weighted by Crippen LogP contribution is -2.26. The Labute approximate surface area is 106 Å². The molecule has 0 fully saturated rings. The number of aromatic nitrogens is 1. The molecular weight excluding hydrogens is 265 g/mol. The highest BCUT2D eigenvalue weighted by atomic mass is 32.2. The summed E-state index contributed by atoms with van der Waals surface area (Å²) in [4.78, 5) is 3.60. The van der Waals surface area contributed by atoms with E-state index in [1.807, 2.05) is 0 Å². The summed E-state index contributed by atoms with van der Waals surface area (Å²) in [7, 11) is 0. The second-order valence-electron chi connectivity index (χ2n) is 4.53. The molecule has 1 aromatic heterocycles. The number of halogens is 3. The zero-order valence-electron chi connectivity index (χ0n) is 10.2. The summed E-state index contributed by atoms with van der Waals surface area (Å²) in [6, 6.07) is 2.11. The first kappa shape index (κ1) is 15.0. The van der Waals surface area contributed by atoms with Crippen LogP contribution in [0.1, 0.15) is 32.0 Å². The summed E-state index contributed by atoms with van der Waals surface area (Å²) in [5, 5.41) is 0. The Bertz CT molecular complexity index is 441. The second-order valence-corrected chi connectivity index (χ2v) is 6.46. The number of alkyl halides is 3. The summed E-state index contributed by atoms with van der Waals surface area (Å²) < 4.78 is 52.5. The molecule has 0 amide bonds. The van der Waals surface area contributed by atoms with E-state index in [0.717, 1.165) is 12.3 Å². The molecule has 0 bridgehead atoms. The molecule has 3 nitrogen and oxygen atoms in total. The van der Waals surface area contributed by atoms with Crippen LogP contribution >= 0.6 is 0 Å². The Morgan fingerprint density at radius 3 is 2.44 bits per heavy atom. The van der Waals surface area contributed by atoms with Crippen LogP contribution in [0.4, 0.5) is 13.2 Å². The Hall–Kier alpha value is -1.08. The van der Waals surface area contributed by atoms with Crippen LogP contribution < -0.4 is 0 Å². The smallest absolute Gasteiger partial charge is 0.418 e. The Morgan fingerprint density at radius 1 is 1.33 bits per heavy atom. The van der Waals surface area contributed by atoms with Crippen molar-refractivity contribution in [3.05, 3.63) is 29.6 Å². The van der Waals surface area contributed by atoms with Gasteiger partial charge < -0.3 is 4.55 Å². The van der Waals surface area contributed by atoms with Crippen LogP contribution in [0, 0.1) is 0 Å². The van der Waals surface area contributed by atoms with E-state index in [1.54, 1.807) is 20.8 Å². The molecule has 1 heterocycles. The molecule has 0 saturated carbocycles. The maximum absolute atomic E-state index is 12.6. The molecule has 0 aliphatic carbocycles. The zero-order valence-corrected chi connectivity index (χ0v) is 11.0. The van der Waals surface area contributed by atoms with Gasteiger partial charge >= 0.3 is 6.18 Å². The van der Waals surface area contributed by atoms with Gasteiger partial charge in [-0.05, 0) is 32.9 Å². The SMILES string of the molecule is CC(C)(C)[S@+]([O-])/N=C/c1ncccc1C(F)(F)F. The van der Waals surface area contributed by atoms with Gasteiger partial charge in [-0.1, -0.05) is 4.40 Å². The van der Waals surface area contributed by atoms with Gasteiger partial charge in [-0.3, -0.25) is 4.98 Å². The fraction of sp³-hybridized carbons (Fsp3) is 0.455. The van der Waals surface area contributed by atoms with Crippen molar-refractivity contribution in [1.29, 1.82) is 0 Å². The normalized spacial score (nSPS) is 15.1. The first-order chi connectivity index (χ1) is 8.12. The molecule has 1 atom stereocenters. The second kappa shape index (κ2) is 5.27. The maximum Gasteiger partial charge on any atom is 0.418 e. The molecule has 0 aromatic carbocycles. The minimum absolute atomic E-state index is 0.331. The van der Waals surface area contributed by atoms with Gasteiger partial charge in [0.15, 0.2) is 0 Å². The highest BCUT2D eigenvalue weighted by Gasteiger charge is 2.34. The molecule has 1 rings (SSSR count). The number of nitrogens with zero attached hydrogens (tertiary/aromatic N) is 2. The van der Waals surface area contributed by atoms with Gasteiger partial charge in [0.2, 0.25) is 0 Å². The molecule has 0 aliphatic heterocycles. The van der Waals surface area contributed by atoms with Crippen LogP contribution in [-0.4, -0.2) is 20.5 Å². The van der Waals surface area contributed by atoms with Crippen molar-refractivity contribution in [3.63, 3.8) is 0 Å². The summed E-state index contributed by atoms with van der Waals surface area (Å²) in [6.07, 6.45) is -2.36. The quantitative estimate of drug-likeness (QED) is 0.617. The van der Waals surface area contributed by atoms with Gasteiger partial charge in [-0.25, -0.2) is 0 Å². The van der Waals surface area contributed by atoms with Crippen molar-refractivity contribution in [2.45, 2.75) is 31.7 Å². The highest BCUT2D eigenvalue weighted by molar-refractivity contribution is 7.91. The predicted molar refractivity (Wildman–Crippen MR) is 64.7 cm³/mol.